The second kappa shape index (κ2) is 13.5. The van der Waals surface area contributed by atoms with Gasteiger partial charge in [-0.2, -0.15) is 0 Å². The van der Waals surface area contributed by atoms with Gasteiger partial charge in [-0.1, -0.05) is 18.2 Å². The number of halogens is 1. The second-order valence-corrected chi connectivity index (χ2v) is 6.80. The van der Waals surface area contributed by atoms with E-state index in [0.29, 0.717) is 18.2 Å². The topological polar surface area (TPSA) is 68.8 Å². The zero-order valence-corrected chi connectivity index (χ0v) is 19.4. The van der Waals surface area contributed by atoms with Crippen molar-refractivity contribution < 1.29 is 4.79 Å². The Morgan fingerprint density at radius 2 is 2.11 bits per heavy atom. The third-order valence-electron chi connectivity index (χ3n) is 4.75. The van der Waals surface area contributed by atoms with Gasteiger partial charge >= 0.3 is 0 Å². The lowest BCUT2D eigenvalue weighted by Gasteiger charge is -2.32. The molecule has 0 spiro atoms. The highest BCUT2D eigenvalue weighted by molar-refractivity contribution is 14.0. The van der Waals surface area contributed by atoms with Crippen molar-refractivity contribution in [1.29, 1.82) is 0 Å². The van der Waals surface area contributed by atoms with Gasteiger partial charge in [0.05, 0.1) is 0 Å². The first-order valence-corrected chi connectivity index (χ1v) is 9.85. The molecule has 1 amide bonds. The van der Waals surface area contributed by atoms with E-state index in [1.54, 1.807) is 7.05 Å². The molecule has 1 aromatic carbocycles. The average molecular weight is 499 g/mol. The molecule has 1 fully saturated rings. The quantitative estimate of drug-likeness (QED) is 0.223. The molecular weight excluding hydrogens is 465 g/mol. The zero-order valence-electron chi connectivity index (χ0n) is 17.0. The third kappa shape index (κ3) is 8.18. The Balaban J connectivity index is 0.00000392. The Morgan fingerprint density at radius 1 is 1.36 bits per heavy atom. The number of hydrogen-bond acceptors (Lipinski definition) is 3. The Labute approximate surface area is 186 Å². The van der Waals surface area contributed by atoms with E-state index < -0.39 is 0 Å². The second-order valence-electron chi connectivity index (χ2n) is 6.80. The highest BCUT2D eigenvalue weighted by Crippen LogP contribution is 2.10. The van der Waals surface area contributed by atoms with Gasteiger partial charge in [0.2, 0.25) is 0 Å². The molecule has 1 saturated heterocycles. The third-order valence-corrected chi connectivity index (χ3v) is 4.75. The summed E-state index contributed by atoms with van der Waals surface area (Å²) in [5, 5.41) is 9.56. The van der Waals surface area contributed by atoms with Crippen LogP contribution in [0.25, 0.3) is 0 Å². The smallest absolute Gasteiger partial charge is 0.251 e. The predicted molar refractivity (Wildman–Crippen MR) is 128 cm³/mol. The molecule has 1 aromatic rings. The molecule has 0 atom stereocenters. The van der Waals surface area contributed by atoms with Crippen molar-refractivity contribution in [3.63, 3.8) is 0 Å². The summed E-state index contributed by atoms with van der Waals surface area (Å²) in [6.45, 7) is 10.6. The fourth-order valence-electron chi connectivity index (χ4n) is 3.27. The number of benzene rings is 1. The molecule has 1 heterocycles. The molecule has 0 radical (unpaired) electrons. The molecule has 7 heteroatoms. The summed E-state index contributed by atoms with van der Waals surface area (Å²) in [6, 6.07) is 8.18. The standard InChI is InChI=1S/C21H33N5O.HI/c1-4-13-26-14-10-19(11-15-26)25-21(23-5-2)24-12-9-17-7-6-8-18(16-17)20(27)22-3;/h4,6-8,16,19H,1,5,9-15H2,2-3H3,(H,22,27)(H2,23,24,25);1H. The first-order chi connectivity index (χ1) is 13.2. The van der Waals surface area contributed by atoms with E-state index in [-0.39, 0.29) is 29.9 Å². The van der Waals surface area contributed by atoms with Gasteiger partial charge in [-0.25, -0.2) is 0 Å². The molecule has 2 rings (SSSR count). The minimum atomic E-state index is -0.0573. The number of likely N-dealkylation sites (tertiary alicyclic amines) is 1. The monoisotopic (exact) mass is 499 g/mol. The molecule has 28 heavy (non-hydrogen) atoms. The Bertz CT molecular complexity index is 641. The number of piperidine rings is 1. The minimum absolute atomic E-state index is 0. The van der Waals surface area contributed by atoms with E-state index in [9.17, 15) is 4.79 Å². The predicted octanol–water partition coefficient (Wildman–Crippen LogP) is 2.41. The zero-order chi connectivity index (χ0) is 19.5. The van der Waals surface area contributed by atoms with Gasteiger partial charge in [0.15, 0.2) is 5.96 Å². The normalized spacial score (nSPS) is 15.4. The van der Waals surface area contributed by atoms with Crippen LogP contribution in [-0.4, -0.2) is 62.6 Å². The summed E-state index contributed by atoms with van der Waals surface area (Å²) in [5.41, 5.74) is 1.81. The number of amides is 1. The first-order valence-electron chi connectivity index (χ1n) is 9.85. The van der Waals surface area contributed by atoms with Gasteiger partial charge in [0, 0.05) is 51.4 Å². The van der Waals surface area contributed by atoms with E-state index in [0.717, 1.165) is 57.0 Å². The van der Waals surface area contributed by atoms with Gasteiger partial charge in [-0.15, -0.1) is 30.6 Å². The fraction of sp³-hybridized carbons (Fsp3) is 0.524. The van der Waals surface area contributed by atoms with Gasteiger partial charge in [-0.3, -0.25) is 14.7 Å². The largest absolute Gasteiger partial charge is 0.357 e. The Kier molecular flexibility index (Phi) is 11.8. The molecule has 156 valence electrons. The molecule has 0 saturated carbocycles. The van der Waals surface area contributed by atoms with Gasteiger partial charge in [0.25, 0.3) is 5.91 Å². The number of nitrogens with zero attached hydrogens (tertiary/aromatic N) is 2. The lowest BCUT2D eigenvalue weighted by atomic mass is 10.1. The van der Waals surface area contributed by atoms with Crippen molar-refractivity contribution in [3.05, 3.63) is 48.0 Å². The molecule has 0 unspecified atom stereocenters. The highest BCUT2D eigenvalue weighted by Gasteiger charge is 2.18. The summed E-state index contributed by atoms with van der Waals surface area (Å²) < 4.78 is 0. The SMILES string of the molecule is C=CCN1CCC(NC(=NCCc2cccc(C(=O)NC)c2)NCC)CC1.I. The van der Waals surface area contributed by atoms with Crippen LogP contribution in [-0.2, 0) is 6.42 Å². The van der Waals surface area contributed by atoms with Crippen molar-refractivity contribution >= 4 is 35.8 Å². The number of guanidine groups is 1. The lowest BCUT2D eigenvalue weighted by Crippen LogP contribution is -2.48. The summed E-state index contributed by atoms with van der Waals surface area (Å²) in [6.07, 6.45) is 5.01. The maximum atomic E-state index is 11.8. The van der Waals surface area contributed by atoms with Crippen LogP contribution in [0.4, 0.5) is 0 Å². The number of carbonyl (C=O) groups excluding carboxylic acids is 1. The van der Waals surface area contributed by atoms with Crippen molar-refractivity contribution in [3.8, 4) is 0 Å². The van der Waals surface area contributed by atoms with Crippen molar-refractivity contribution in [2.75, 3.05) is 39.8 Å². The van der Waals surface area contributed by atoms with Crippen LogP contribution < -0.4 is 16.0 Å². The van der Waals surface area contributed by atoms with Crippen molar-refractivity contribution in [1.82, 2.24) is 20.9 Å². The number of aliphatic imine (C=N–C) groups is 1. The van der Waals surface area contributed by atoms with E-state index in [2.05, 4.69) is 34.4 Å². The van der Waals surface area contributed by atoms with Gasteiger partial charge in [-0.05, 0) is 43.9 Å². The Morgan fingerprint density at radius 3 is 2.75 bits per heavy atom. The number of carbonyl (C=O) groups is 1. The summed E-state index contributed by atoms with van der Waals surface area (Å²) in [7, 11) is 1.65. The molecule has 0 aliphatic carbocycles. The summed E-state index contributed by atoms with van der Waals surface area (Å²) in [5.74, 6) is 0.820. The van der Waals surface area contributed by atoms with Crippen LogP contribution in [0.2, 0.25) is 0 Å². The lowest BCUT2D eigenvalue weighted by molar-refractivity contribution is 0.0963. The van der Waals surface area contributed by atoms with Crippen molar-refractivity contribution in [2.45, 2.75) is 32.2 Å². The number of hydrogen-bond donors (Lipinski definition) is 3. The van der Waals surface area contributed by atoms with Crippen LogP contribution >= 0.6 is 24.0 Å². The molecule has 6 nitrogen and oxygen atoms in total. The van der Waals surface area contributed by atoms with Crippen LogP contribution in [0.15, 0.2) is 41.9 Å². The van der Waals surface area contributed by atoms with Crippen LogP contribution in [0.5, 0.6) is 0 Å². The number of rotatable bonds is 8. The van der Waals surface area contributed by atoms with Crippen LogP contribution in [0, 0.1) is 0 Å². The summed E-state index contributed by atoms with van der Waals surface area (Å²) in [4.78, 5) is 18.9. The van der Waals surface area contributed by atoms with E-state index >= 15 is 0 Å². The van der Waals surface area contributed by atoms with E-state index in [4.69, 9.17) is 4.99 Å². The molecule has 0 aromatic heterocycles. The van der Waals surface area contributed by atoms with Gasteiger partial charge in [0.1, 0.15) is 0 Å². The average Bonchev–Trinajstić information content (AvgIpc) is 2.69. The maximum Gasteiger partial charge on any atom is 0.251 e. The van der Waals surface area contributed by atoms with Crippen LogP contribution in [0.1, 0.15) is 35.7 Å². The fourth-order valence-corrected chi connectivity index (χ4v) is 3.27. The molecule has 1 aliphatic rings. The summed E-state index contributed by atoms with van der Waals surface area (Å²) >= 11 is 0. The van der Waals surface area contributed by atoms with Crippen molar-refractivity contribution in [2.24, 2.45) is 4.99 Å². The van der Waals surface area contributed by atoms with Gasteiger partial charge < -0.3 is 16.0 Å². The molecule has 1 aliphatic heterocycles. The van der Waals surface area contributed by atoms with Crippen LogP contribution in [0.3, 0.4) is 0 Å². The molecule has 0 bridgehead atoms. The highest BCUT2D eigenvalue weighted by atomic mass is 127. The number of nitrogens with one attached hydrogen (secondary N) is 3. The maximum absolute atomic E-state index is 11.8. The Hall–Kier alpha value is -1.61. The van der Waals surface area contributed by atoms with E-state index in [1.165, 1.54) is 0 Å². The van der Waals surface area contributed by atoms with E-state index in [1.807, 2.05) is 30.3 Å². The molecular formula is C21H34IN5O. The first kappa shape index (κ1) is 24.4. The minimum Gasteiger partial charge on any atom is -0.357 e. The molecule has 3 N–H and O–H groups in total.